The van der Waals surface area contributed by atoms with E-state index in [1.807, 2.05) is 29.9 Å². The van der Waals surface area contributed by atoms with E-state index in [0.717, 1.165) is 43.6 Å². The number of aryl methyl sites for hydroxylation is 1. The van der Waals surface area contributed by atoms with Gasteiger partial charge in [0.25, 0.3) is 0 Å². The fourth-order valence-electron chi connectivity index (χ4n) is 3.15. The highest BCUT2D eigenvalue weighted by molar-refractivity contribution is 5.62. The van der Waals surface area contributed by atoms with Gasteiger partial charge in [-0.25, -0.2) is 0 Å². The van der Waals surface area contributed by atoms with Crippen LogP contribution in [0.3, 0.4) is 0 Å². The maximum absolute atomic E-state index is 9.87. The third-order valence-corrected chi connectivity index (χ3v) is 4.29. The molecular weight excluding hydrogens is 262 g/mol. The van der Waals surface area contributed by atoms with Crippen LogP contribution in [0.5, 0.6) is 0 Å². The molecule has 1 saturated carbocycles. The SMILES string of the molecule is Cn1cc(CNCC2CCCC2O)c(-c2ccccc2)n1. The first-order valence-electron chi connectivity index (χ1n) is 7.71. The van der Waals surface area contributed by atoms with Crippen LogP contribution in [0.15, 0.2) is 36.5 Å². The zero-order chi connectivity index (χ0) is 14.7. The minimum atomic E-state index is -0.125. The number of benzene rings is 1. The Bertz CT molecular complexity index is 579. The van der Waals surface area contributed by atoms with Gasteiger partial charge in [-0.1, -0.05) is 36.8 Å². The van der Waals surface area contributed by atoms with E-state index in [2.05, 4.69) is 28.7 Å². The van der Waals surface area contributed by atoms with Crippen LogP contribution in [0.1, 0.15) is 24.8 Å². The van der Waals surface area contributed by atoms with Gasteiger partial charge in [0.2, 0.25) is 0 Å². The first kappa shape index (κ1) is 14.3. The Balaban J connectivity index is 1.65. The summed E-state index contributed by atoms with van der Waals surface area (Å²) < 4.78 is 1.86. The van der Waals surface area contributed by atoms with Crippen LogP contribution < -0.4 is 5.32 Å². The third-order valence-electron chi connectivity index (χ3n) is 4.29. The van der Waals surface area contributed by atoms with Gasteiger partial charge < -0.3 is 10.4 Å². The fourth-order valence-corrected chi connectivity index (χ4v) is 3.15. The molecule has 1 aliphatic rings. The van der Waals surface area contributed by atoms with Gasteiger partial charge in [0.05, 0.1) is 11.8 Å². The molecule has 2 unspecified atom stereocenters. The summed E-state index contributed by atoms with van der Waals surface area (Å²) in [6, 6.07) is 10.3. The van der Waals surface area contributed by atoms with E-state index in [9.17, 15) is 5.11 Å². The second-order valence-electron chi connectivity index (χ2n) is 5.93. The van der Waals surface area contributed by atoms with Gasteiger partial charge >= 0.3 is 0 Å². The van der Waals surface area contributed by atoms with Gasteiger partial charge in [-0.3, -0.25) is 4.68 Å². The Morgan fingerprint density at radius 2 is 2.10 bits per heavy atom. The maximum Gasteiger partial charge on any atom is 0.0967 e. The number of rotatable bonds is 5. The van der Waals surface area contributed by atoms with Crippen molar-refractivity contribution >= 4 is 0 Å². The van der Waals surface area contributed by atoms with E-state index in [1.54, 1.807) is 0 Å². The zero-order valence-electron chi connectivity index (χ0n) is 12.5. The van der Waals surface area contributed by atoms with Crippen molar-refractivity contribution in [2.75, 3.05) is 6.54 Å². The second kappa shape index (κ2) is 6.41. The van der Waals surface area contributed by atoms with Gasteiger partial charge in [0.1, 0.15) is 0 Å². The maximum atomic E-state index is 9.87. The van der Waals surface area contributed by atoms with Crippen molar-refractivity contribution in [3.05, 3.63) is 42.1 Å². The summed E-state index contributed by atoms with van der Waals surface area (Å²) in [5.74, 6) is 0.404. The van der Waals surface area contributed by atoms with Crippen LogP contribution in [-0.4, -0.2) is 27.5 Å². The van der Waals surface area contributed by atoms with Crippen LogP contribution in [0, 0.1) is 5.92 Å². The number of aromatic nitrogens is 2. The first-order chi connectivity index (χ1) is 10.2. The molecule has 2 atom stereocenters. The summed E-state index contributed by atoms with van der Waals surface area (Å²) in [6.07, 6.45) is 5.18. The molecule has 21 heavy (non-hydrogen) atoms. The molecule has 0 bridgehead atoms. The largest absolute Gasteiger partial charge is 0.393 e. The Labute approximate surface area is 125 Å². The molecule has 0 radical (unpaired) electrons. The van der Waals surface area contributed by atoms with E-state index < -0.39 is 0 Å². The van der Waals surface area contributed by atoms with Crippen LogP contribution in [0.25, 0.3) is 11.3 Å². The summed E-state index contributed by atoms with van der Waals surface area (Å²) in [6.45, 7) is 1.67. The quantitative estimate of drug-likeness (QED) is 0.886. The molecule has 4 nitrogen and oxygen atoms in total. The van der Waals surface area contributed by atoms with E-state index in [1.165, 1.54) is 5.56 Å². The first-order valence-corrected chi connectivity index (χ1v) is 7.71. The average Bonchev–Trinajstić information content (AvgIpc) is 3.06. The molecule has 3 rings (SSSR count). The minimum absolute atomic E-state index is 0.125. The molecule has 2 aromatic rings. The van der Waals surface area contributed by atoms with E-state index >= 15 is 0 Å². The molecule has 0 amide bonds. The molecule has 1 aliphatic carbocycles. The molecule has 0 aliphatic heterocycles. The van der Waals surface area contributed by atoms with Crippen LogP contribution in [0.2, 0.25) is 0 Å². The second-order valence-corrected chi connectivity index (χ2v) is 5.93. The van der Waals surface area contributed by atoms with E-state index in [0.29, 0.717) is 5.92 Å². The summed E-state index contributed by atoms with van der Waals surface area (Å²) in [5.41, 5.74) is 3.39. The Morgan fingerprint density at radius 1 is 1.29 bits per heavy atom. The van der Waals surface area contributed by atoms with Crippen LogP contribution in [-0.2, 0) is 13.6 Å². The molecule has 1 aromatic heterocycles. The summed E-state index contributed by atoms with van der Waals surface area (Å²) >= 11 is 0. The van der Waals surface area contributed by atoms with Crippen molar-refractivity contribution in [2.45, 2.75) is 31.9 Å². The summed E-state index contributed by atoms with van der Waals surface area (Å²) in [7, 11) is 1.96. The molecule has 1 fully saturated rings. The van der Waals surface area contributed by atoms with Gasteiger partial charge in [-0.15, -0.1) is 0 Å². The molecule has 112 valence electrons. The lowest BCUT2D eigenvalue weighted by atomic mass is 10.1. The highest BCUT2D eigenvalue weighted by Gasteiger charge is 2.24. The van der Waals surface area contributed by atoms with Crippen molar-refractivity contribution in [1.82, 2.24) is 15.1 Å². The average molecular weight is 285 g/mol. The molecule has 1 heterocycles. The zero-order valence-corrected chi connectivity index (χ0v) is 12.5. The summed E-state index contributed by atoms with van der Waals surface area (Å²) in [5, 5.41) is 17.9. The number of aliphatic hydroxyl groups excluding tert-OH is 1. The van der Waals surface area contributed by atoms with Gasteiger partial charge in [-0.2, -0.15) is 5.10 Å². The number of aliphatic hydroxyl groups is 1. The van der Waals surface area contributed by atoms with Crippen molar-refractivity contribution in [2.24, 2.45) is 13.0 Å². The van der Waals surface area contributed by atoms with E-state index in [4.69, 9.17) is 0 Å². The lowest BCUT2D eigenvalue weighted by Crippen LogP contribution is -2.27. The number of hydrogen-bond acceptors (Lipinski definition) is 3. The number of hydrogen-bond donors (Lipinski definition) is 2. The number of nitrogens with one attached hydrogen (secondary N) is 1. The van der Waals surface area contributed by atoms with Crippen molar-refractivity contribution in [1.29, 1.82) is 0 Å². The molecular formula is C17H23N3O. The third kappa shape index (κ3) is 3.34. The monoisotopic (exact) mass is 285 g/mol. The minimum Gasteiger partial charge on any atom is -0.393 e. The highest BCUT2D eigenvalue weighted by Crippen LogP contribution is 2.25. The lowest BCUT2D eigenvalue weighted by Gasteiger charge is -2.15. The normalized spacial score (nSPS) is 21.8. The molecule has 4 heteroatoms. The number of nitrogens with zero attached hydrogens (tertiary/aromatic N) is 2. The Kier molecular flexibility index (Phi) is 4.36. The molecule has 2 N–H and O–H groups in total. The molecule has 1 aromatic carbocycles. The van der Waals surface area contributed by atoms with Gasteiger partial charge in [0.15, 0.2) is 0 Å². The fraction of sp³-hybridized carbons (Fsp3) is 0.471. The van der Waals surface area contributed by atoms with Crippen LogP contribution in [0.4, 0.5) is 0 Å². The lowest BCUT2D eigenvalue weighted by molar-refractivity contribution is 0.131. The van der Waals surface area contributed by atoms with Crippen molar-refractivity contribution in [3.63, 3.8) is 0 Å². The standard InChI is InChI=1S/C17H23N3O/c1-20-12-15(11-18-10-14-8-5-9-16(14)21)17(19-20)13-6-3-2-4-7-13/h2-4,6-7,12,14,16,18,21H,5,8-11H2,1H3. The predicted octanol–water partition coefficient (Wildman–Crippen LogP) is 2.34. The smallest absolute Gasteiger partial charge is 0.0967 e. The van der Waals surface area contributed by atoms with Crippen molar-refractivity contribution in [3.8, 4) is 11.3 Å². The van der Waals surface area contributed by atoms with Crippen LogP contribution >= 0.6 is 0 Å². The van der Waals surface area contributed by atoms with Crippen molar-refractivity contribution < 1.29 is 5.11 Å². The predicted molar refractivity (Wildman–Crippen MR) is 83.7 cm³/mol. The Morgan fingerprint density at radius 3 is 2.81 bits per heavy atom. The van der Waals surface area contributed by atoms with Gasteiger partial charge in [0, 0.05) is 37.5 Å². The molecule has 0 spiro atoms. The topological polar surface area (TPSA) is 50.1 Å². The Hall–Kier alpha value is -1.65. The van der Waals surface area contributed by atoms with Gasteiger partial charge in [-0.05, 0) is 18.8 Å². The summed E-state index contributed by atoms with van der Waals surface area (Å²) in [4.78, 5) is 0. The van der Waals surface area contributed by atoms with E-state index in [-0.39, 0.29) is 6.10 Å². The molecule has 0 saturated heterocycles. The highest BCUT2D eigenvalue weighted by atomic mass is 16.3.